The average Bonchev–Trinajstić information content (AvgIpc) is 2.74. The summed E-state index contributed by atoms with van der Waals surface area (Å²) in [5.74, 6) is -0.797. The van der Waals surface area contributed by atoms with Gasteiger partial charge in [0.15, 0.2) is 0 Å². The van der Waals surface area contributed by atoms with Gasteiger partial charge >= 0.3 is 0 Å². The standard InChI is InChI=1S/C16H18BrN3O3.ClH/c1-9-7-18-5-4-13(9)19-14(21)8-20-15(22)11-3-2-10(17)6-12(11)16(20)23;/h2-3,6,9,13,18H,4-5,7-8H2,1H3,(H,19,21);1H. The van der Waals surface area contributed by atoms with Crippen LogP contribution in [0.1, 0.15) is 34.1 Å². The molecule has 1 fully saturated rings. The van der Waals surface area contributed by atoms with Crippen molar-refractivity contribution in [2.24, 2.45) is 5.92 Å². The molecule has 0 aliphatic carbocycles. The van der Waals surface area contributed by atoms with Gasteiger partial charge in [-0.3, -0.25) is 19.3 Å². The highest BCUT2D eigenvalue weighted by Crippen LogP contribution is 2.25. The summed E-state index contributed by atoms with van der Waals surface area (Å²) < 4.78 is 0.729. The summed E-state index contributed by atoms with van der Waals surface area (Å²) in [6, 6.07) is 5.01. The van der Waals surface area contributed by atoms with Crippen LogP contribution < -0.4 is 10.6 Å². The number of nitrogens with one attached hydrogen (secondary N) is 2. The van der Waals surface area contributed by atoms with Crippen LogP contribution in [0.5, 0.6) is 0 Å². The van der Waals surface area contributed by atoms with Crippen molar-refractivity contribution in [3.8, 4) is 0 Å². The highest BCUT2D eigenvalue weighted by atomic mass is 79.9. The van der Waals surface area contributed by atoms with Gasteiger partial charge in [-0.05, 0) is 43.6 Å². The molecule has 130 valence electrons. The Morgan fingerprint density at radius 3 is 2.75 bits per heavy atom. The summed E-state index contributed by atoms with van der Waals surface area (Å²) in [6.07, 6.45) is 0.849. The largest absolute Gasteiger partial charge is 0.351 e. The van der Waals surface area contributed by atoms with Gasteiger partial charge in [-0.1, -0.05) is 22.9 Å². The van der Waals surface area contributed by atoms with Crippen molar-refractivity contribution >= 4 is 46.1 Å². The summed E-state index contributed by atoms with van der Waals surface area (Å²) in [5, 5.41) is 6.21. The van der Waals surface area contributed by atoms with Gasteiger partial charge in [0.1, 0.15) is 6.54 Å². The van der Waals surface area contributed by atoms with Gasteiger partial charge in [0.25, 0.3) is 11.8 Å². The summed E-state index contributed by atoms with van der Waals surface area (Å²) in [5.41, 5.74) is 0.689. The maximum absolute atomic E-state index is 12.3. The molecule has 3 amide bonds. The second-order valence-corrected chi connectivity index (χ2v) is 6.95. The predicted octanol–water partition coefficient (Wildman–Crippen LogP) is 1.58. The Kier molecular flexibility index (Phi) is 6.01. The van der Waals surface area contributed by atoms with Gasteiger partial charge in [-0.2, -0.15) is 0 Å². The molecule has 8 heteroatoms. The molecular weight excluding hydrogens is 398 g/mol. The Labute approximate surface area is 154 Å². The van der Waals surface area contributed by atoms with E-state index in [1.807, 2.05) is 0 Å². The molecular formula is C16H19BrClN3O3. The molecule has 2 unspecified atom stereocenters. The number of piperidine rings is 1. The van der Waals surface area contributed by atoms with Gasteiger partial charge in [-0.25, -0.2) is 0 Å². The third kappa shape index (κ3) is 3.63. The minimum absolute atomic E-state index is 0. The van der Waals surface area contributed by atoms with Crippen molar-refractivity contribution in [3.63, 3.8) is 0 Å². The topological polar surface area (TPSA) is 78.5 Å². The first-order valence-corrected chi connectivity index (χ1v) is 8.42. The van der Waals surface area contributed by atoms with Crippen LogP contribution in [0.3, 0.4) is 0 Å². The number of amides is 3. The molecule has 3 rings (SSSR count). The predicted molar refractivity (Wildman–Crippen MR) is 95.3 cm³/mol. The molecule has 0 spiro atoms. The van der Waals surface area contributed by atoms with E-state index in [0.29, 0.717) is 17.0 Å². The van der Waals surface area contributed by atoms with Crippen LogP contribution in [-0.2, 0) is 4.79 Å². The monoisotopic (exact) mass is 415 g/mol. The van der Waals surface area contributed by atoms with Crippen LogP contribution in [0.2, 0.25) is 0 Å². The lowest BCUT2D eigenvalue weighted by atomic mass is 9.95. The van der Waals surface area contributed by atoms with Crippen molar-refractivity contribution in [2.45, 2.75) is 19.4 Å². The molecule has 1 saturated heterocycles. The van der Waals surface area contributed by atoms with Crippen LogP contribution in [0, 0.1) is 5.92 Å². The molecule has 2 aliphatic heterocycles. The molecule has 0 bridgehead atoms. The Balaban J connectivity index is 0.00000208. The smallest absolute Gasteiger partial charge is 0.262 e. The van der Waals surface area contributed by atoms with Crippen LogP contribution in [-0.4, -0.2) is 48.3 Å². The van der Waals surface area contributed by atoms with E-state index in [1.54, 1.807) is 18.2 Å². The highest BCUT2D eigenvalue weighted by Gasteiger charge is 2.37. The minimum atomic E-state index is -0.417. The van der Waals surface area contributed by atoms with Crippen molar-refractivity contribution in [2.75, 3.05) is 19.6 Å². The fourth-order valence-electron chi connectivity index (χ4n) is 3.03. The van der Waals surface area contributed by atoms with Crippen LogP contribution in [0.15, 0.2) is 22.7 Å². The molecule has 2 atom stereocenters. The Hall–Kier alpha value is -1.44. The van der Waals surface area contributed by atoms with Crippen LogP contribution in [0.4, 0.5) is 0 Å². The Bertz CT molecular complexity index is 683. The average molecular weight is 417 g/mol. The molecule has 0 aromatic heterocycles. The molecule has 2 aliphatic rings. The van der Waals surface area contributed by atoms with E-state index < -0.39 is 11.8 Å². The zero-order valence-corrected chi connectivity index (χ0v) is 15.6. The van der Waals surface area contributed by atoms with E-state index in [9.17, 15) is 14.4 Å². The lowest BCUT2D eigenvalue weighted by Crippen LogP contribution is -2.51. The first kappa shape index (κ1) is 18.9. The van der Waals surface area contributed by atoms with Crippen molar-refractivity contribution in [3.05, 3.63) is 33.8 Å². The fourth-order valence-corrected chi connectivity index (χ4v) is 3.39. The summed E-state index contributed by atoms with van der Waals surface area (Å²) >= 11 is 3.29. The third-order valence-corrected chi connectivity index (χ3v) is 4.86. The molecule has 2 N–H and O–H groups in total. The van der Waals surface area contributed by atoms with Crippen LogP contribution >= 0.6 is 28.3 Å². The molecule has 2 heterocycles. The van der Waals surface area contributed by atoms with E-state index in [-0.39, 0.29) is 30.9 Å². The van der Waals surface area contributed by atoms with E-state index in [2.05, 4.69) is 33.5 Å². The zero-order chi connectivity index (χ0) is 16.6. The number of halogens is 2. The molecule has 1 aromatic carbocycles. The van der Waals surface area contributed by atoms with Gasteiger partial charge in [0, 0.05) is 10.5 Å². The van der Waals surface area contributed by atoms with E-state index in [0.717, 1.165) is 28.9 Å². The number of fused-ring (bicyclic) bond motifs is 1. The van der Waals surface area contributed by atoms with Crippen molar-refractivity contribution in [1.82, 2.24) is 15.5 Å². The third-order valence-electron chi connectivity index (χ3n) is 4.37. The Morgan fingerprint density at radius 2 is 2.04 bits per heavy atom. The van der Waals surface area contributed by atoms with E-state index in [1.165, 1.54) is 0 Å². The molecule has 24 heavy (non-hydrogen) atoms. The number of benzene rings is 1. The number of hydrogen-bond acceptors (Lipinski definition) is 4. The van der Waals surface area contributed by atoms with Crippen molar-refractivity contribution in [1.29, 1.82) is 0 Å². The van der Waals surface area contributed by atoms with Gasteiger partial charge in [0.05, 0.1) is 11.1 Å². The first-order valence-electron chi connectivity index (χ1n) is 7.63. The maximum atomic E-state index is 12.3. The highest BCUT2D eigenvalue weighted by molar-refractivity contribution is 9.10. The molecule has 6 nitrogen and oxygen atoms in total. The number of hydrogen-bond donors (Lipinski definition) is 2. The van der Waals surface area contributed by atoms with Gasteiger partial charge < -0.3 is 10.6 Å². The minimum Gasteiger partial charge on any atom is -0.351 e. The lowest BCUT2D eigenvalue weighted by molar-refractivity contribution is -0.122. The number of carbonyl (C=O) groups excluding carboxylic acids is 3. The van der Waals surface area contributed by atoms with Gasteiger partial charge in [-0.15, -0.1) is 12.4 Å². The number of imide groups is 1. The lowest BCUT2D eigenvalue weighted by Gasteiger charge is -2.30. The second kappa shape index (κ2) is 7.63. The summed E-state index contributed by atoms with van der Waals surface area (Å²) in [7, 11) is 0. The molecule has 0 radical (unpaired) electrons. The molecule has 1 aromatic rings. The number of rotatable bonds is 3. The van der Waals surface area contributed by atoms with Gasteiger partial charge in [0.2, 0.25) is 5.91 Å². The molecule has 0 saturated carbocycles. The summed E-state index contributed by atoms with van der Waals surface area (Å²) in [6.45, 7) is 3.54. The second-order valence-electron chi connectivity index (χ2n) is 6.03. The normalized spacial score (nSPS) is 22.8. The number of nitrogens with zero attached hydrogens (tertiary/aromatic N) is 1. The fraction of sp³-hybridized carbons (Fsp3) is 0.438. The maximum Gasteiger partial charge on any atom is 0.262 e. The number of carbonyl (C=O) groups is 3. The first-order chi connectivity index (χ1) is 11.0. The van der Waals surface area contributed by atoms with E-state index >= 15 is 0 Å². The quantitative estimate of drug-likeness (QED) is 0.734. The van der Waals surface area contributed by atoms with Crippen LogP contribution in [0.25, 0.3) is 0 Å². The van der Waals surface area contributed by atoms with Crippen molar-refractivity contribution < 1.29 is 14.4 Å². The van der Waals surface area contributed by atoms with E-state index in [4.69, 9.17) is 0 Å². The summed E-state index contributed by atoms with van der Waals surface area (Å²) in [4.78, 5) is 37.9. The Morgan fingerprint density at radius 1 is 1.33 bits per heavy atom. The zero-order valence-electron chi connectivity index (χ0n) is 13.2. The SMILES string of the molecule is CC1CNCCC1NC(=O)CN1C(=O)c2ccc(Br)cc2C1=O.Cl.